The van der Waals surface area contributed by atoms with E-state index in [2.05, 4.69) is 25.1 Å². The zero-order chi connectivity index (χ0) is 14.7. The summed E-state index contributed by atoms with van der Waals surface area (Å²) in [4.78, 5) is 0. The number of aliphatic hydroxyl groups is 1. The predicted octanol–water partition coefficient (Wildman–Crippen LogP) is 4.28. The van der Waals surface area contributed by atoms with Gasteiger partial charge >= 0.3 is 0 Å². The summed E-state index contributed by atoms with van der Waals surface area (Å²) < 4.78 is 6.17. The van der Waals surface area contributed by atoms with Crippen molar-refractivity contribution in [2.24, 2.45) is 5.92 Å². The van der Waals surface area contributed by atoms with E-state index in [4.69, 9.17) is 4.74 Å². The second kappa shape index (κ2) is 6.31. The van der Waals surface area contributed by atoms with Gasteiger partial charge in [0.1, 0.15) is 11.9 Å². The molecule has 2 aromatic carbocycles. The third-order valence-electron chi connectivity index (χ3n) is 4.27. The molecule has 2 aromatic rings. The third kappa shape index (κ3) is 3.27. The fourth-order valence-corrected chi connectivity index (χ4v) is 3.03. The van der Waals surface area contributed by atoms with Gasteiger partial charge in [0, 0.05) is 5.56 Å². The quantitative estimate of drug-likeness (QED) is 0.910. The highest BCUT2D eigenvalue weighted by molar-refractivity contribution is 5.70. The van der Waals surface area contributed by atoms with Crippen molar-refractivity contribution in [3.63, 3.8) is 0 Å². The van der Waals surface area contributed by atoms with Crippen molar-refractivity contribution in [3.05, 3.63) is 54.6 Å². The molecule has 3 atom stereocenters. The molecule has 0 amide bonds. The van der Waals surface area contributed by atoms with E-state index in [1.165, 1.54) is 0 Å². The van der Waals surface area contributed by atoms with Gasteiger partial charge < -0.3 is 9.84 Å². The molecule has 21 heavy (non-hydrogen) atoms. The first-order valence-electron chi connectivity index (χ1n) is 7.73. The van der Waals surface area contributed by atoms with E-state index in [-0.39, 0.29) is 12.2 Å². The Balaban J connectivity index is 1.86. The van der Waals surface area contributed by atoms with Crippen LogP contribution < -0.4 is 4.74 Å². The molecule has 1 aliphatic rings. The lowest BCUT2D eigenvalue weighted by Gasteiger charge is -2.32. The lowest BCUT2D eigenvalue weighted by Crippen LogP contribution is -2.37. The van der Waals surface area contributed by atoms with E-state index < -0.39 is 0 Å². The van der Waals surface area contributed by atoms with Gasteiger partial charge in [0.2, 0.25) is 0 Å². The average molecular weight is 282 g/mol. The molecule has 0 radical (unpaired) electrons. The standard InChI is InChI=1S/C19H22O2/c1-14-11-12-17(20)19(13-14)21-18-10-6-5-9-16(18)15-7-3-2-4-8-15/h2-10,14,17,19-20H,11-13H2,1H3. The molecule has 0 spiro atoms. The molecular weight excluding hydrogens is 260 g/mol. The fraction of sp³-hybridized carbons (Fsp3) is 0.368. The third-order valence-corrected chi connectivity index (χ3v) is 4.27. The maximum Gasteiger partial charge on any atom is 0.127 e. The number of hydrogen-bond donors (Lipinski definition) is 1. The summed E-state index contributed by atoms with van der Waals surface area (Å²) in [6.45, 7) is 2.23. The average Bonchev–Trinajstić information content (AvgIpc) is 2.52. The lowest BCUT2D eigenvalue weighted by atomic mass is 9.86. The van der Waals surface area contributed by atoms with Gasteiger partial charge in [-0.15, -0.1) is 0 Å². The number of benzene rings is 2. The summed E-state index contributed by atoms with van der Waals surface area (Å²) in [5.41, 5.74) is 2.23. The molecule has 2 nitrogen and oxygen atoms in total. The smallest absolute Gasteiger partial charge is 0.127 e. The largest absolute Gasteiger partial charge is 0.487 e. The van der Waals surface area contributed by atoms with Crippen LogP contribution in [0.25, 0.3) is 11.1 Å². The van der Waals surface area contributed by atoms with Gasteiger partial charge in [-0.2, -0.15) is 0 Å². The van der Waals surface area contributed by atoms with Gasteiger partial charge in [0.05, 0.1) is 6.10 Å². The van der Waals surface area contributed by atoms with Crippen LogP contribution in [0.1, 0.15) is 26.2 Å². The highest BCUT2D eigenvalue weighted by atomic mass is 16.5. The van der Waals surface area contributed by atoms with E-state index in [1.807, 2.05) is 36.4 Å². The molecule has 1 N–H and O–H groups in total. The first kappa shape index (κ1) is 14.2. The summed E-state index contributed by atoms with van der Waals surface area (Å²) in [5.74, 6) is 1.48. The topological polar surface area (TPSA) is 29.5 Å². The SMILES string of the molecule is CC1CCC(O)C(Oc2ccccc2-c2ccccc2)C1. The molecule has 0 heterocycles. The summed E-state index contributed by atoms with van der Waals surface area (Å²) in [6, 6.07) is 18.3. The summed E-state index contributed by atoms with van der Waals surface area (Å²) >= 11 is 0. The minimum absolute atomic E-state index is 0.0985. The molecule has 0 aromatic heterocycles. The Morgan fingerprint density at radius 1 is 0.952 bits per heavy atom. The Hall–Kier alpha value is -1.80. The Bertz CT molecular complexity index is 579. The molecule has 0 aliphatic heterocycles. The van der Waals surface area contributed by atoms with Crippen LogP contribution in [-0.4, -0.2) is 17.3 Å². The predicted molar refractivity (Wildman–Crippen MR) is 85.3 cm³/mol. The summed E-state index contributed by atoms with van der Waals surface area (Å²) in [7, 11) is 0. The van der Waals surface area contributed by atoms with Crippen LogP contribution in [0.4, 0.5) is 0 Å². The molecule has 110 valence electrons. The maximum atomic E-state index is 10.2. The van der Waals surface area contributed by atoms with Crippen molar-refractivity contribution in [3.8, 4) is 16.9 Å². The van der Waals surface area contributed by atoms with Crippen LogP contribution in [0, 0.1) is 5.92 Å². The van der Waals surface area contributed by atoms with Crippen LogP contribution in [0.5, 0.6) is 5.75 Å². The highest BCUT2D eigenvalue weighted by Crippen LogP contribution is 2.33. The molecule has 0 bridgehead atoms. The summed E-state index contributed by atoms with van der Waals surface area (Å²) in [6.07, 6.45) is 2.38. The number of hydrogen-bond acceptors (Lipinski definition) is 2. The van der Waals surface area contributed by atoms with Crippen molar-refractivity contribution < 1.29 is 9.84 Å². The second-order valence-electron chi connectivity index (χ2n) is 6.00. The van der Waals surface area contributed by atoms with Gasteiger partial charge in [-0.25, -0.2) is 0 Å². The van der Waals surface area contributed by atoms with Gasteiger partial charge in [-0.05, 0) is 36.8 Å². The molecule has 2 heteroatoms. The molecule has 1 saturated carbocycles. The van der Waals surface area contributed by atoms with Crippen LogP contribution in [0.15, 0.2) is 54.6 Å². The van der Waals surface area contributed by atoms with Crippen molar-refractivity contribution >= 4 is 0 Å². The number of ether oxygens (including phenoxy) is 1. The molecule has 3 unspecified atom stereocenters. The van der Waals surface area contributed by atoms with Gasteiger partial charge in [-0.3, -0.25) is 0 Å². The highest BCUT2D eigenvalue weighted by Gasteiger charge is 2.29. The van der Waals surface area contributed by atoms with Crippen molar-refractivity contribution in [1.29, 1.82) is 0 Å². The van der Waals surface area contributed by atoms with Crippen LogP contribution in [0.2, 0.25) is 0 Å². The Kier molecular flexibility index (Phi) is 4.26. The molecular formula is C19H22O2. The Morgan fingerprint density at radius 3 is 2.48 bits per heavy atom. The first-order valence-corrected chi connectivity index (χ1v) is 7.73. The van der Waals surface area contributed by atoms with Crippen LogP contribution in [0.3, 0.4) is 0 Å². The molecule has 0 saturated heterocycles. The Morgan fingerprint density at radius 2 is 1.67 bits per heavy atom. The minimum Gasteiger partial charge on any atom is -0.487 e. The second-order valence-corrected chi connectivity index (χ2v) is 6.00. The number of aliphatic hydroxyl groups excluding tert-OH is 1. The van der Waals surface area contributed by atoms with Gasteiger partial charge in [-0.1, -0.05) is 55.5 Å². The van der Waals surface area contributed by atoms with Gasteiger partial charge in [0.25, 0.3) is 0 Å². The van der Waals surface area contributed by atoms with E-state index >= 15 is 0 Å². The van der Waals surface area contributed by atoms with Crippen molar-refractivity contribution in [1.82, 2.24) is 0 Å². The molecule has 3 rings (SSSR count). The van der Waals surface area contributed by atoms with Gasteiger partial charge in [0.15, 0.2) is 0 Å². The van der Waals surface area contributed by atoms with E-state index in [0.29, 0.717) is 5.92 Å². The lowest BCUT2D eigenvalue weighted by molar-refractivity contribution is -0.00729. The monoisotopic (exact) mass is 282 g/mol. The van der Waals surface area contributed by atoms with Crippen LogP contribution >= 0.6 is 0 Å². The normalized spacial score (nSPS) is 25.5. The van der Waals surface area contributed by atoms with E-state index in [1.54, 1.807) is 0 Å². The summed E-state index contributed by atoms with van der Waals surface area (Å²) in [5, 5.41) is 10.2. The van der Waals surface area contributed by atoms with E-state index in [9.17, 15) is 5.11 Å². The fourth-order valence-electron chi connectivity index (χ4n) is 3.03. The van der Waals surface area contributed by atoms with Crippen molar-refractivity contribution in [2.45, 2.75) is 38.4 Å². The zero-order valence-corrected chi connectivity index (χ0v) is 12.4. The minimum atomic E-state index is -0.356. The zero-order valence-electron chi connectivity index (χ0n) is 12.4. The first-order chi connectivity index (χ1) is 10.2. The molecule has 1 aliphatic carbocycles. The molecule has 1 fully saturated rings. The van der Waals surface area contributed by atoms with Crippen molar-refractivity contribution in [2.75, 3.05) is 0 Å². The number of para-hydroxylation sites is 1. The van der Waals surface area contributed by atoms with Crippen LogP contribution in [-0.2, 0) is 0 Å². The maximum absolute atomic E-state index is 10.2. The Labute approximate surface area is 126 Å². The number of rotatable bonds is 3. The van der Waals surface area contributed by atoms with E-state index in [0.717, 1.165) is 36.1 Å².